The summed E-state index contributed by atoms with van der Waals surface area (Å²) in [5.41, 5.74) is 5.32. The van der Waals surface area contributed by atoms with Crippen molar-refractivity contribution in [1.29, 1.82) is 0 Å². The van der Waals surface area contributed by atoms with E-state index in [9.17, 15) is 4.79 Å². The molecule has 1 rings (SSSR count). The van der Waals surface area contributed by atoms with Gasteiger partial charge in [-0.3, -0.25) is 4.79 Å². The minimum Gasteiger partial charge on any atom is -0.338 e. The number of carbonyl (C=O) groups is 1. The van der Waals surface area contributed by atoms with E-state index in [4.69, 9.17) is 5.73 Å². The molecule has 2 N–H and O–H groups in total. The largest absolute Gasteiger partial charge is 0.338 e. The van der Waals surface area contributed by atoms with Crippen LogP contribution in [0.1, 0.15) is 13.3 Å². The molecule has 1 fully saturated rings. The van der Waals surface area contributed by atoms with Gasteiger partial charge in [-0.15, -0.1) is 0 Å². The number of rotatable bonds is 3. The monoisotopic (exact) mass is 188 g/mol. The Balaban J connectivity index is 2.48. The van der Waals surface area contributed by atoms with Gasteiger partial charge in [-0.05, 0) is 19.1 Å². The number of hydrogen-bond acceptors (Lipinski definition) is 3. The number of thioether (sulfide) groups is 1. The number of likely N-dealkylation sites (N-methyl/N-ethyl adjacent to an activating group) is 1. The molecule has 70 valence electrons. The lowest BCUT2D eigenvalue weighted by molar-refractivity contribution is -0.131. The molecule has 0 aromatic carbocycles. The number of nitrogens with zero attached hydrogens (tertiary/aromatic N) is 1. The van der Waals surface area contributed by atoms with Crippen LogP contribution >= 0.6 is 11.8 Å². The van der Waals surface area contributed by atoms with Crippen molar-refractivity contribution in [3.8, 4) is 0 Å². The lowest BCUT2D eigenvalue weighted by Crippen LogP contribution is -2.43. The molecule has 0 aliphatic carbocycles. The van der Waals surface area contributed by atoms with E-state index in [1.807, 2.05) is 23.6 Å². The summed E-state index contributed by atoms with van der Waals surface area (Å²) in [5, 5.41) is 0. The zero-order chi connectivity index (χ0) is 8.97. The summed E-state index contributed by atoms with van der Waals surface area (Å²) in [6.45, 7) is 2.95. The molecule has 1 aliphatic heterocycles. The molecule has 0 saturated carbocycles. The Bertz CT molecular complexity index is 157. The highest BCUT2D eigenvalue weighted by atomic mass is 32.2. The summed E-state index contributed by atoms with van der Waals surface area (Å²) < 4.78 is 0. The first-order valence-electron chi connectivity index (χ1n) is 4.36. The van der Waals surface area contributed by atoms with Crippen molar-refractivity contribution in [1.82, 2.24) is 4.90 Å². The van der Waals surface area contributed by atoms with Crippen molar-refractivity contribution >= 4 is 17.7 Å². The van der Waals surface area contributed by atoms with E-state index in [1.54, 1.807) is 0 Å². The molecule has 12 heavy (non-hydrogen) atoms. The molecule has 0 radical (unpaired) electrons. The van der Waals surface area contributed by atoms with Gasteiger partial charge in [-0.1, -0.05) is 0 Å². The molecule has 4 heteroatoms. The topological polar surface area (TPSA) is 46.3 Å². The van der Waals surface area contributed by atoms with Gasteiger partial charge in [0.2, 0.25) is 5.91 Å². The van der Waals surface area contributed by atoms with Crippen LogP contribution in [0.15, 0.2) is 0 Å². The zero-order valence-corrected chi connectivity index (χ0v) is 8.27. The third-order valence-electron chi connectivity index (χ3n) is 2.18. The summed E-state index contributed by atoms with van der Waals surface area (Å²) in [4.78, 5) is 13.2. The quantitative estimate of drug-likeness (QED) is 0.693. The lowest BCUT2D eigenvalue weighted by atomic mass is 10.2. The first-order valence-corrected chi connectivity index (χ1v) is 5.52. The van der Waals surface area contributed by atoms with E-state index >= 15 is 0 Å². The van der Waals surface area contributed by atoms with Crippen LogP contribution in [0, 0.1) is 0 Å². The number of nitrogens with two attached hydrogens (primary N) is 1. The van der Waals surface area contributed by atoms with Crippen molar-refractivity contribution in [3.63, 3.8) is 0 Å². The number of hydrogen-bond donors (Lipinski definition) is 1. The molecule has 1 aliphatic rings. The maximum atomic E-state index is 11.3. The van der Waals surface area contributed by atoms with Gasteiger partial charge < -0.3 is 10.6 Å². The third-order valence-corrected chi connectivity index (χ3v) is 3.33. The fourth-order valence-electron chi connectivity index (χ4n) is 1.52. The lowest BCUT2D eigenvalue weighted by Gasteiger charge is -2.26. The SMILES string of the molecule is CCN(C(=O)CN)C1CCSC1. The van der Waals surface area contributed by atoms with Gasteiger partial charge in [0.15, 0.2) is 0 Å². The highest BCUT2D eigenvalue weighted by Gasteiger charge is 2.24. The summed E-state index contributed by atoms with van der Waals surface area (Å²) in [6, 6.07) is 0.441. The van der Waals surface area contributed by atoms with Crippen LogP contribution in [0.5, 0.6) is 0 Å². The molecule has 0 spiro atoms. The maximum absolute atomic E-state index is 11.3. The Morgan fingerprint density at radius 1 is 1.75 bits per heavy atom. The van der Waals surface area contributed by atoms with Gasteiger partial charge in [0.05, 0.1) is 6.54 Å². The third kappa shape index (κ3) is 2.14. The summed E-state index contributed by atoms with van der Waals surface area (Å²) in [7, 11) is 0. The minimum absolute atomic E-state index is 0.0880. The van der Waals surface area contributed by atoms with Crippen LogP contribution in [-0.2, 0) is 4.79 Å². The summed E-state index contributed by atoms with van der Waals surface area (Å²) >= 11 is 1.92. The van der Waals surface area contributed by atoms with Crippen molar-refractivity contribution < 1.29 is 4.79 Å². The fraction of sp³-hybridized carbons (Fsp3) is 0.875. The number of carbonyl (C=O) groups excluding carboxylic acids is 1. The van der Waals surface area contributed by atoms with E-state index < -0.39 is 0 Å². The molecule has 0 aromatic heterocycles. The van der Waals surface area contributed by atoms with Gasteiger partial charge >= 0.3 is 0 Å². The second-order valence-electron chi connectivity index (χ2n) is 2.90. The summed E-state index contributed by atoms with van der Waals surface area (Å²) in [5.74, 6) is 2.35. The highest BCUT2D eigenvalue weighted by molar-refractivity contribution is 7.99. The minimum atomic E-state index is 0.0880. The molecule has 0 aromatic rings. The molecule has 0 bridgehead atoms. The Kier molecular flexibility index (Phi) is 3.88. The van der Waals surface area contributed by atoms with E-state index in [1.165, 1.54) is 5.75 Å². The highest BCUT2D eigenvalue weighted by Crippen LogP contribution is 2.21. The van der Waals surface area contributed by atoms with E-state index in [2.05, 4.69) is 0 Å². The molecule has 1 atom stereocenters. The Labute approximate surface area is 77.7 Å². The van der Waals surface area contributed by atoms with E-state index in [0.29, 0.717) is 6.04 Å². The van der Waals surface area contributed by atoms with Crippen molar-refractivity contribution in [2.24, 2.45) is 5.73 Å². The summed E-state index contributed by atoms with van der Waals surface area (Å²) in [6.07, 6.45) is 1.13. The molecular formula is C8H16N2OS. The van der Waals surface area contributed by atoms with Gasteiger partial charge in [0.1, 0.15) is 0 Å². The molecule has 1 unspecified atom stereocenters. The van der Waals surface area contributed by atoms with Crippen LogP contribution in [0.4, 0.5) is 0 Å². The fourth-order valence-corrected chi connectivity index (χ4v) is 2.75. The molecule has 1 amide bonds. The van der Waals surface area contributed by atoms with Crippen LogP contribution in [0.25, 0.3) is 0 Å². The van der Waals surface area contributed by atoms with Crippen LogP contribution in [0.2, 0.25) is 0 Å². The van der Waals surface area contributed by atoms with Crippen molar-refractivity contribution in [3.05, 3.63) is 0 Å². The Morgan fingerprint density at radius 2 is 2.50 bits per heavy atom. The van der Waals surface area contributed by atoms with Gasteiger partial charge in [-0.2, -0.15) is 11.8 Å². The maximum Gasteiger partial charge on any atom is 0.236 e. The predicted molar refractivity (Wildman–Crippen MR) is 52.2 cm³/mol. The van der Waals surface area contributed by atoms with E-state index in [-0.39, 0.29) is 12.5 Å². The standard InChI is InChI=1S/C8H16N2OS/c1-2-10(8(11)5-9)7-3-4-12-6-7/h7H,2-6,9H2,1H3. The van der Waals surface area contributed by atoms with Crippen molar-refractivity contribution in [2.45, 2.75) is 19.4 Å². The second-order valence-corrected chi connectivity index (χ2v) is 4.05. The molecular weight excluding hydrogens is 172 g/mol. The molecule has 3 nitrogen and oxygen atoms in total. The molecule has 1 heterocycles. The van der Waals surface area contributed by atoms with Crippen molar-refractivity contribution in [2.75, 3.05) is 24.6 Å². The van der Waals surface area contributed by atoms with E-state index in [0.717, 1.165) is 18.7 Å². The van der Waals surface area contributed by atoms with Gasteiger partial charge in [-0.25, -0.2) is 0 Å². The Morgan fingerprint density at radius 3 is 2.92 bits per heavy atom. The first kappa shape index (κ1) is 9.86. The average Bonchev–Trinajstić information content (AvgIpc) is 2.58. The van der Waals surface area contributed by atoms with Crippen LogP contribution in [-0.4, -0.2) is 41.4 Å². The van der Waals surface area contributed by atoms with Crippen LogP contribution in [0.3, 0.4) is 0 Å². The number of amides is 1. The molecule has 1 saturated heterocycles. The first-order chi connectivity index (χ1) is 5.79. The normalized spacial score (nSPS) is 22.7. The second kappa shape index (κ2) is 4.72. The zero-order valence-electron chi connectivity index (χ0n) is 7.45. The predicted octanol–water partition coefficient (Wildman–Crippen LogP) is 0.299. The van der Waals surface area contributed by atoms with Gasteiger partial charge in [0, 0.05) is 18.3 Å². The van der Waals surface area contributed by atoms with Crippen LogP contribution < -0.4 is 5.73 Å². The smallest absolute Gasteiger partial charge is 0.236 e. The average molecular weight is 188 g/mol. The Hall–Kier alpha value is -0.220. The van der Waals surface area contributed by atoms with Gasteiger partial charge in [0.25, 0.3) is 0 Å².